The first-order valence-corrected chi connectivity index (χ1v) is 7.28. The summed E-state index contributed by atoms with van der Waals surface area (Å²) in [6.07, 6.45) is 11.9. The molecular weight excluding hydrogens is 220 g/mol. The highest BCUT2D eigenvalue weighted by Gasteiger charge is 2.13. The van der Waals surface area contributed by atoms with Crippen molar-refractivity contribution in [1.82, 2.24) is 9.61 Å². The van der Waals surface area contributed by atoms with Crippen LogP contribution in [0.3, 0.4) is 0 Å². The summed E-state index contributed by atoms with van der Waals surface area (Å²) in [5.74, 6) is 0.714. The highest BCUT2D eigenvalue weighted by atomic mass is 15.2. The van der Waals surface area contributed by atoms with Crippen molar-refractivity contribution >= 4 is 5.52 Å². The molecule has 0 N–H and O–H groups in total. The Labute approximate surface area is 110 Å². The number of unbranched alkanes of at least 4 members (excludes halogenated alkanes) is 2. The van der Waals surface area contributed by atoms with Crippen molar-refractivity contribution in [2.24, 2.45) is 0 Å². The Hall–Kier alpha value is -1.31. The van der Waals surface area contributed by atoms with E-state index in [2.05, 4.69) is 37.3 Å². The van der Waals surface area contributed by atoms with Crippen molar-refractivity contribution in [3.05, 3.63) is 36.2 Å². The molecule has 2 heterocycles. The molecule has 2 rings (SSSR count). The van der Waals surface area contributed by atoms with E-state index in [1.807, 2.05) is 16.8 Å². The number of nitrogens with zero attached hydrogens (tertiary/aromatic N) is 2. The summed E-state index contributed by atoms with van der Waals surface area (Å²) in [4.78, 5) is 0. The third-order valence-electron chi connectivity index (χ3n) is 3.68. The molecule has 0 fully saturated rings. The molecule has 2 heteroatoms. The fraction of sp³-hybridized carbons (Fsp3) is 0.562. The monoisotopic (exact) mass is 244 g/mol. The summed E-state index contributed by atoms with van der Waals surface area (Å²) in [5, 5.41) is 4.36. The molecule has 98 valence electrons. The lowest BCUT2D eigenvalue weighted by Crippen LogP contribution is -1.98. The second-order valence-electron chi connectivity index (χ2n) is 5.15. The van der Waals surface area contributed by atoms with Gasteiger partial charge in [-0.2, -0.15) is 5.10 Å². The molecule has 0 atom stereocenters. The number of aromatic nitrogens is 2. The van der Waals surface area contributed by atoms with E-state index >= 15 is 0 Å². The first-order valence-electron chi connectivity index (χ1n) is 7.28. The Morgan fingerprint density at radius 2 is 1.89 bits per heavy atom. The van der Waals surface area contributed by atoms with Gasteiger partial charge in [-0.05, 0) is 42.5 Å². The van der Waals surface area contributed by atoms with Crippen LogP contribution in [0.1, 0.15) is 63.9 Å². The lowest BCUT2D eigenvalue weighted by molar-refractivity contribution is 0.525. The van der Waals surface area contributed by atoms with E-state index in [9.17, 15) is 0 Å². The van der Waals surface area contributed by atoms with E-state index < -0.39 is 0 Å². The lowest BCUT2D eigenvalue weighted by Gasteiger charge is -2.14. The lowest BCUT2D eigenvalue weighted by atomic mass is 9.91. The highest BCUT2D eigenvalue weighted by molar-refractivity contribution is 5.49. The molecule has 2 aromatic heterocycles. The number of fused-ring (bicyclic) bond motifs is 1. The minimum absolute atomic E-state index is 0.714. The predicted molar refractivity (Wildman–Crippen MR) is 77.0 cm³/mol. The van der Waals surface area contributed by atoms with Crippen molar-refractivity contribution in [1.29, 1.82) is 0 Å². The Balaban J connectivity index is 2.17. The number of rotatable bonds is 7. The Morgan fingerprint density at radius 1 is 1.17 bits per heavy atom. The second kappa shape index (κ2) is 6.58. The largest absolute Gasteiger partial charge is 0.241 e. The van der Waals surface area contributed by atoms with Crippen LogP contribution in [-0.4, -0.2) is 9.61 Å². The fourth-order valence-corrected chi connectivity index (χ4v) is 2.57. The van der Waals surface area contributed by atoms with Crippen molar-refractivity contribution in [2.45, 2.75) is 58.3 Å². The summed E-state index contributed by atoms with van der Waals surface area (Å²) < 4.78 is 2.00. The second-order valence-corrected chi connectivity index (χ2v) is 5.15. The van der Waals surface area contributed by atoms with Gasteiger partial charge >= 0.3 is 0 Å². The zero-order valence-electron chi connectivity index (χ0n) is 11.6. The summed E-state index contributed by atoms with van der Waals surface area (Å²) in [7, 11) is 0. The molecule has 0 spiro atoms. The van der Waals surface area contributed by atoms with Gasteiger partial charge in [0.1, 0.15) is 0 Å². The molecule has 0 saturated heterocycles. The van der Waals surface area contributed by atoms with E-state index in [0.29, 0.717) is 5.92 Å². The summed E-state index contributed by atoms with van der Waals surface area (Å²) >= 11 is 0. The molecular formula is C16H24N2. The van der Waals surface area contributed by atoms with Crippen LogP contribution in [0.4, 0.5) is 0 Å². The van der Waals surface area contributed by atoms with Crippen LogP contribution in [0, 0.1) is 0 Å². The van der Waals surface area contributed by atoms with Gasteiger partial charge in [-0.15, -0.1) is 0 Å². The van der Waals surface area contributed by atoms with Gasteiger partial charge in [-0.25, -0.2) is 4.52 Å². The van der Waals surface area contributed by atoms with Gasteiger partial charge in [0.15, 0.2) is 0 Å². The maximum atomic E-state index is 4.36. The minimum atomic E-state index is 0.714. The van der Waals surface area contributed by atoms with Gasteiger partial charge in [-0.3, -0.25) is 0 Å². The minimum Gasteiger partial charge on any atom is -0.241 e. The van der Waals surface area contributed by atoms with E-state index in [0.717, 1.165) is 0 Å². The quantitative estimate of drug-likeness (QED) is 0.684. The smallest absolute Gasteiger partial charge is 0.0649 e. The Kier molecular flexibility index (Phi) is 4.80. The first-order chi connectivity index (χ1) is 8.85. The third kappa shape index (κ3) is 3.12. The molecule has 18 heavy (non-hydrogen) atoms. The molecule has 0 saturated carbocycles. The van der Waals surface area contributed by atoms with Crippen molar-refractivity contribution in [3.8, 4) is 0 Å². The summed E-state index contributed by atoms with van der Waals surface area (Å²) in [6.45, 7) is 4.54. The van der Waals surface area contributed by atoms with Crippen LogP contribution in [-0.2, 0) is 0 Å². The average Bonchev–Trinajstić information content (AvgIpc) is 2.82. The van der Waals surface area contributed by atoms with Crippen LogP contribution < -0.4 is 0 Å². The van der Waals surface area contributed by atoms with Crippen LogP contribution >= 0.6 is 0 Å². The standard InChI is InChI=1S/C16H24N2/c1-3-5-8-14(9-6-4-2)15-12-16-10-7-11-17-18(16)13-15/h7,10-14H,3-6,8-9H2,1-2H3. The molecule has 2 nitrogen and oxygen atoms in total. The zero-order valence-corrected chi connectivity index (χ0v) is 11.6. The zero-order chi connectivity index (χ0) is 12.8. The predicted octanol–water partition coefficient (Wildman–Crippen LogP) is 4.80. The van der Waals surface area contributed by atoms with Crippen LogP contribution in [0.15, 0.2) is 30.6 Å². The van der Waals surface area contributed by atoms with Crippen molar-refractivity contribution < 1.29 is 0 Å². The van der Waals surface area contributed by atoms with Gasteiger partial charge in [0.05, 0.1) is 5.52 Å². The van der Waals surface area contributed by atoms with E-state index in [-0.39, 0.29) is 0 Å². The topological polar surface area (TPSA) is 17.3 Å². The van der Waals surface area contributed by atoms with Crippen LogP contribution in [0.25, 0.3) is 5.52 Å². The van der Waals surface area contributed by atoms with Gasteiger partial charge in [-0.1, -0.05) is 39.5 Å². The molecule has 0 radical (unpaired) electrons. The van der Waals surface area contributed by atoms with Crippen molar-refractivity contribution in [3.63, 3.8) is 0 Å². The van der Waals surface area contributed by atoms with E-state index in [4.69, 9.17) is 0 Å². The van der Waals surface area contributed by atoms with Crippen LogP contribution in [0.5, 0.6) is 0 Å². The van der Waals surface area contributed by atoms with E-state index in [1.165, 1.54) is 49.6 Å². The number of hydrogen-bond acceptors (Lipinski definition) is 1. The maximum Gasteiger partial charge on any atom is 0.0649 e. The third-order valence-corrected chi connectivity index (χ3v) is 3.68. The molecule has 2 aromatic rings. The average molecular weight is 244 g/mol. The molecule has 0 aliphatic heterocycles. The Bertz CT molecular complexity index is 432. The maximum absolute atomic E-state index is 4.36. The van der Waals surface area contributed by atoms with Gasteiger partial charge in [0.25, 0.3) is 0 Å². The van der Waals surface area contributed by atoms with Gasteiger partial charge in [0, 0.05) is 12.4 Å². The molecule has 0 aliphatic rings. The van der Waals surface area contributed by atoms with Gasteiger partial charge < -0.3 is 0 Å². The normalized spacial score (nSPS) is 11.5. The molecule has 0 bridgehead atoms. The fourth-order valence-electron chi connectivity index (χ4n) is 2.57. The number of hydrogen-bond donors (Lipinski definition) is 0. The highest BCUT2D eigenvalue weighted by Crippen LogP contribution is 2.29. The van der Waals surface area contributed by atoms with Crippen molar-refractivity contribution in [2.75, 3.05) is 0 Å². The SMILES string of the molecule is CCCCC(CCCC)c1cc2cccnn2c1. The molecule has 0 aromatic carbocycles. The van der Waals surface area contributed by atoms with Crippen LogP contribution in [0.2, 0.25) is 0 Å². The van der Waals surface area contributed by atoms with E-state index in [1.54, 1.807) is 0 Å². The molecule has 0 unspecified atom stereocenters. The summed E-state index contributed by atoms with van der Waals surface area (Å²) in [6, 6.07) is 6.45. The van der Waals surface area contributed by atoms with Gasteiger partial charge in [0.2, 0.25) is 0 Å². The molecule has 0 aliphatic carbocycles. The molecule has 0 amide bonds. The Morgan fingerprint density at radius 3 is 2.50 bits per heavy atom. The first kappa shape index (κ1) is 13.1. The summed E-state index contributed by atoms with van der Waals surface area (Å²) in [5.41, 5.74) is 2.68.